The Hall–Kier alpha value is -1.98. The molecule has 8 nitrogen and oxygen atoms in total. The van der Waals surface area contributed by atoms with E-state index in [1.54, 1.807) is 20.8 Å². The minimum Gasteiger partial charge on any atom is -0.444 e. The fraction of sp³-hybridized carbons (Fsp3) is 0.765. The standard InChI is InChI=1S/C17H25F3N2O6S/c1-16(2,3)27-15(24)22-10-4-5-13(22)14(23)21-11-6-8-12(9-7-11)28-29(25,26)17(18,19)20/h8,11,13H,4-7,9-10H2,1-3H3,(H,21,23). The molecular formula is C17H25F3N2O6S. The van der Waals surface area contributed by atoms with E-state index < -0.39 is 39.4 Å². The van der Waals surface area contributed by atoms with Crippen molar-refractivity contribution in [2.24, 2.45) is 0 Å². The van der Waals surface area contributed by atoms with Gasteiger partial charge in [-0.2, -0.15) is 21.6 Å². The summed E-state index contributed by atoms with van der Waals surface area (Å²) < 4.78 is 68.6. The third-order valence-corrected chi connectivity index (χ3v) is 5.40. The molecule has 2 atom stereocenters. The van der Waals surface area contributed by atoms with Crippen molar-refractivity contribution >= 4 is 22.1 Å². The third kappa shape index (κ3) is 6.25. The first-order valence-electron chi connectivity index (χ1n) is 9.19. The van der Waals surface area contributed by atoms with Gasteiger partial charge in [0.2, 0.25) is 5.91 Å². The quantitative estimate of drug-likeness (QED) is 0.531. The summed E-state index contributed by atoms with van der Waals surface area (Å²) in [5, 5.41) is 2.76. The first-order chi connectivity index (χ1) is 13.2. The van der Waals surface area contributed by atoms with Crippen molar-refractivity contribution in [3.63, 3.8) is 0 Å². The number of hydrogen-bond donors (Lipinski definition) is 1. The molecule has 0 bridgehead atoms. The van der Waals surface area contributed by atoms with Crippen LogP contribution in [0.15, 0.2) is 11.8 Å². The molecule has 166 valence electrons. The largest absolute Gasteiger partial charge is 0.534 e. The van der Waals surface area contributed by atoms with Crippen LogP contribution in [0.5, 0.6) is 0 Å². The lowest BCUT2D eigenvalue weighted by Crippen LogP contribution is -2.50. The molecule has 0 aromatic rings. The van der Waals surface area contributed by atoms with Gasteiger partial charge in [-0.1, -0.05) is 0 Å². The van der Waals surface area contributed by atoms with Crippen molar-refractivity contribution in [2.45, 2.75) is 76.1 Å². The molecule has 1 N–H and O–H groups in total. The number of hydrogen-bond acceptors (Lipinski definition) is 6. The van der Waals surface area contributed by atoms with Gasteiger partial charge in [-0.05, 0) is 52.5 Å². The summed E-state index contributed by atoms with van der Waals surface area (Å²) in [6.07, 6.45) is 2.03. The number of carbonyl (C=O) groups excluding carboxylic acids is 2. The van der Waals surface area contributed by atoms with Gasteiger partial charge in [0.05, 0.1) is 0 Å². The van der Waals surface area contributed by atoms with Crippen LogP contribution in [0, 0.1) is 0 Å². The van der Waals surface area contributed by atoms with Crippen molar-refractivity contribution in [3.8, 4) is 0 Å². The number of halogens is 3. The van der Waals surface area contributed by atoms with Gasteiger partial charge in [0.1, 0.15) is 17.4 Å². The lowest BCUT2D eigenvalue weighted by molar-refractivity contribution is -0.126. The highest BCUT2D eigenvalue weighted by atomic mass is 32.2. The summed E-state index contributed by atoms with van der Waals surface area (Å²) in [6.45, 7) is 5.57. The molecule has 1 heterocycles. The van der Waals surface area contributed by atoms with Crippen LogP contribution in [0.2, 0.25) is 0 Å². The topological polar surface area (TPSA) is 102 Å². The Morgan fingerprint density at radius 3 is 2.38 bits per heavy atom. The molecule has 0 aromatic carbocycles. The fourth-order valence-electron chi connectivity index (χ4n) is 3.08. The molecular weight excluding hydrogens is 417 g/mol. The second-order valence-corrected chi connectivity index (χ2v) is 9.50. The number of alkyl halides is 3. The SMILES string of the molecule is CC(C)(C)OC(=O)N1CCCC1C(=O)NC1CC=C(OS(=O)(=O)C(F)(F)F)CC1. The maximum absolute atomic E-state index is 12.6. The van der Waals surface area contributed by atoms with E-state index in [2.05, 4.69) is 9.50 Å². The molecule has 0 saturated carbocycles. The summed E-state index contributed by atoms with van der Waals surface area (Å²) in [5.74, 6) is -0.678. The van der Waals surface area contributed by atoms with Crippen molar-refractivity contribution in [1.29, 1.82) is 0 Å². The Labute approximate surface area is 167 Å². The molecule has 0 radical (unpaired) electrons. The summed E-state index contributed by atoms with van der Waals surface area (Å²) in [4.78, 5) is 26.2. The maximum atomic E-state index is 12.6. The van der Waals surface area contributed by atoms with E-state index in [0.717, 1.165) is 0 Å². The second kappa shape index (κ2) is 8.41. The van der Waals surface area contributed by atoms with Crippen LogP contribution in [0.4, 0.5) is 18.0 Å². The van der Waals surface area contributed by atoms with Crippen molar-refractivity contribution in [3.05, 3.63) is 11.8 Å². The number of nitrogens with zero attached hydrogens (tertiary/aromatic N) is 1. The van der Waals surface area contributed by atoms with Crippen LogP contribution in [0.25, 0.3) is 0 Å². The highest BCUT2D eigenvalue weighted by Gasteiger charge is 2.49. The minimum atomic E-state index is -5.70. The van der Waals surface area contributed by atoms with Crippen molar-refractivity contribution in [2.75, 3.05) is 6.54 Å². The first-order valence-corrected chi connectivity index (χ1v) is 10.6. The predicted octanol–water partition coefficient (Wildman–Crippen LogP) is 2.80. The maximum Gasteiger partial charge on any atom is 0.534 e. The number of ether oxygens (including phenoxy) is 1. The Morgan fingerprint density at radius 2 is 1.86 bits per heavy atom. The van der Waals surface area contributed by atoms with E-state index in [0.29, 0.717) is 19.4 Å². The molecule has 1 aliphatic heterocycles. The molecule has 1 aliphatic carbocycles. The molecule has 2 rings (SSSR count). The van der Waals surface area contributed by atoms with E-state index in [4.69, 9.17) is 4.74 Å². The molecule has 0 aromatic heterocycles. The van der Waals surface area contributed by atoms with Crippen LogP contribution < -0.4 is 5.32 Å². The summed E-state index contributed by atoms with van der Waals surface area (Å²) in [6, 6.07) is -1.08. The van der Waals surface area contributed by atoms with Crippen LogP contribution in [-0.2, 0) is 23.8 Å². The second-order valence-electron chi connectivity index (χ2n) is 7.97. The predicted molar refractivity (Wildman–Crippen MR) is 95.9 cm³/mol. The number of carbonyl (C=O) groups is 2. The number of nitrogens with one attached hydrogen (secondary N) is 1. The zero-order chi connectivity index (χ0) is 22.0. The number of allylic oxidation sites excluding steroid dienone is 1. The van der Waals surface area contributed by atoms with E-state index in [1.807, 2.05) is 0 Å². The molecule has 1 fully saturated rings. The minimum absolute atomic E-state index is 0.0687. The lowest BCUT2D eigenvalue weighted by atomic mass is 10.00. The normalized spacial score (nSPS) is 23.4. The molecule has 2 unspecified atom stereocenters. The van der Waals surface area contributed by atoms with Gasteiger partial charge in [0.25, 0.3) is 0 Å². The molecule has 12 heteroatoms. The molecule has 2 amide bonds. The highest BCUT2D eigenvalue weighted by molar-refractivity contribution is 7.87. The van der Waals surface area contributed by atoms with Crippen LogP contribution in [0.1, 0.15) is 52.9 Å². The van der Waals surface area contributed by atoms with Gasteiger partial charge in [0, 0.05) is 19.0 Å². The first kappa shape index (κ1) is 23.3. The fourth-order valence-corrected chi connectivity index (χ4v) is 3.61. The average Bonchev–Trinajstić information content (AvgIpc) is 3.03. The Kier molecular flexibility index (Phi) is 6.75. The molecule has 2 aliphatic rings. The summed E-state index contributed by atoms with van der Waals surface area (Å²) >= 11 is 0. The molecule has 1 saturated heterocycles. The highest BCUT2D eigenvalue weighted by Crippen LogP contribution is 2.30. The van der Waals surface area contributed by atoms with Crippen LogP contribution >= 0.6 is 0 Å². The Bertz CT molecular complexity index is 773. The Balaban J connectivity index is 1.92. The zero-order valence-electron chi connectivity index (χ0n) is 16.4. The molecule has 29 heavy (non-hydrogen) atoms. The average molecular weight is 442 g/mol. The monoisotopic (exact) mass is 442 g/mol. The van der Waals surface area contributed by atoms with E-state index in [9.17, 15) is 31.2 Å². The number of rotatable bonds is 4. The Morgan fingerprint density at radius 1 is 1.21 bits per heavy atom. The van der Waals surface area contributed by atoms with Gasteiger partial charge >= 0.3 is 21.7 Å². The van der Waals surface area contributed by atoms with Gasteiger partial charge < -0.3 is 14.2 Å². The van der Waals surface area contributed by atoms with Gasteiger partial charge in [-0.25, -0.2) is 4.79 Å². The summed E-state index contributed by atoms with van der Waals surface area (Å²) in [7, 11) is -5.70. The van der Waals surface area contributed by atoms with E-state index >= 15 is 0 Å². The lowest BCUT2D eigenvalue weighted by Gasteiger charge is -2.29. The van der Waals surface area contributed by atoms with Gasteiger partial charge in [-0.3, -0.25) is 9.69 Å². The zero-order valence-corrected chi connectivity index (χ0v) is 17.2. The molecule has 0 spiro atoms. The number of amides is 2. The number of likely N-dealkylation sites (tertiary alicyclic amines) is 1. The van der Waals surface area contributed by atoms with Crippen LogP contribution in [0.3, 0.4) is 0 Å². The van der Waals surface area contributed by atoms with Crippen molar-refractivity contribution < 1.29 is 40.1 Å². The third-order valence-electron chi connectivity index (χ3n) is 4.40. The van der Waals surface area contributed by atoms with E-state index in [-0.39, 0.29) is 30.9 Å². The van der Waals surface area contributed by atoms with Crippen molar-refractivity contribution in [1.82, 2.24) is 10.2 Å². The van der Waals surface area contributed by atoms with Gasteiger partial charge in [-0.15, -0.1) is 0 Å². The van der Waals surface area contributed by atoms with Crippen LogP contribution in [-0.4, -0.2) is 55.1 Å². The smallest absolute Gasteiger partial charge is 0.444 e. The van der Waals surface area contributed by atoms with Gasteiger partial charge in [0.15, 0.2) is 0 Å². The van der Waals surface area contributed by atoms with E-state index in [1.165, 1.54) is 11.0 Å². The summed E-state index contributed by atoms with van der Waals surface area (Å²) in [5.41, 5.74) is -6.19.